The van der Waals surface area contributed by atoms with Crippen molar-refractivity contribution in [2.45, 2.75) is 57.9 Å². The predicted molar refractivity (Wildman–Crippen MR) is 80.3 cm³/mol. The summed E-state index contributed by atoms with van der Waals surface area (Å²) >= 11 is 0. The first-order valence-electron chi connectivity index (χ1n) is 7.11. The average Bonchev–Trinajstić information content (AvgIpc) is 2.82. The monoisotopic (exact) mass is 316 g/mol. The Labute approximate surface area is 125 Å². The van der Waals surface area contributed by atoms with E-state index in [-0.39, 0.29) is 16.6 Å². The normalized spacial score (nSPS) is 14.7. The molecule has 1 rings (SSSR count). The molecular weight excluding hydrogens is 292 g/mol. The molecule has 0 aromatic carbocycles. The van der Waals surface area contributed by atoms with Gasteiger partial charge in [-0.25, -0.2) is 13.6 Å². The van der Waals surface area contributed by atoms with Crippen LogP contribution in [0.3, 0.4) is 0 Å². The van der Waals surface area contributed by atoms with Gasteiger partial charge >= 0.3 is 0 Å². The van der Waals surface area contributed by atoms with Crippen LogP contribution in [0.4, 0.5) is 0 Å². The van der Waals surface area contributed by atoms with E-state index in [1.54, 1.807) is 6.92 Å². The molecule has 2 unspecified atom stereocenters. The fourth-order valence-corrected chi connectivity index (χ4v) is 3.13. The molecule has 7 nitrogen and oxygen atoms in total. The molecule has 120 valence electrons. The number of aromatic nitrogens is 2. The highest BCUT2D eigenvalue weighted by Crippen LogP contribution is 2.18. The number of rotatable bonds is 7. The highest BCUT2D eigenvalue weighted by atomic mass is 32.2. The van der Waals surface area contributed by atoms with E-state index in [0.29, 0.717) is 18.0 Å². The Hall–Kier alpha value is -1.41. The first-order chi connectivity index (χ1) is 9.70. The fraction of sp³-hybridized carbons (Fsp3) is 0.692. The van der Waals surface area contributed by atoms with Crippen LogP contribution < -0.4 is 10.5 Å². The van der Waals surface area contributed by atoms with Crippen molar-refractivity contribution in [1.29, 1.82) is 0 Å². The van der Waals surface area contributed by atoms with Gasteiger partial charge in [-0.3, -0.25) is 9.89 Å². The molecular formula is C13H24N4O3S. The third-order valence-electron chi connectivity index (χ3n) is 3.48. The number of hydrogen-bond donors (Lipinski definition) is 3. The van der Waals surface area contributed by atoms with Gasteiger partial charge in [0.2, 0.25) is 10.0 Å². The lowest BCUT2D eigenvalue weighted by molar-refractivity contribution is 0.0927. The highest BCUT2D eigenvalue weighted by molar-refractivity contribution is 7.89. The number of H-pyrrole nitrogens is 1. The number of primary sulfonamides is 1. The van der Waals surface area contributed by atoms with Crippen LogP contribution in [0.15, 0.2) is 4.90 Å². The second-order valence-electron chi connectivity index (χ2n) is 5.40. The van der Waals surface area contributed by atoms with E-state index in [9.17, 15) is 13.2 Å². The van der Waals surface area contributed by atoms with Crippen LogP contribution in [0.25, 0.3) is 0 Å². The Morgan fingerprint density at radius 2 is 2.00 bits per heavy atom. The number of sulfonamides is 1. The van der Waals surface area contributed by atoms with Crippen molar-refractivity contribution in [3.05, 3.63) is 11.4 Å². The Morgan fingerprint density at radius 3 is 2.48 bits per heavy atom. The number of nitrogens with two attached hydrogens (primary N) is 1. The number of amides is 1. The zero-order chi connectivity index (χ0) is 16.2. The summed E-state index contributed by atoms with van der Waals surface area (Å²) in [5.74, 6) is -0.0471. The largest absolute Gasteiger partial charge is 0.348 e. The van der Waals surface area contributed by atoms with E-state index >= 15 is 0 Å². The van der Waals surface area contributed by atoms with Crippen LogP contribution in [-0.2, 0) is 16.4 Å². The van der Waals surface area contributed by atoms with Crippen LogP contribution in [0.2, 0.25) is 0 Å². The molecule has 0 saturated heterocycles. The lowest BCUT2D eigenvalue weighted by Crippen LogP contribution is -2.35. The number of carbonyl (C=O) groups is 1. The molecule has 0 aliphatic carbocycles. The molecule has 21 heavy (non-hydrogen) atoms. The van der Waals surface area contributed by atoms with E-state index < -0.39 is 15.9 Å². The minimum Gasteiger partial charge on any atom is -0.348 e. The van der Waals surface area contributed by atoms with Crippen LogP contribution in [0.1, 0.15) is 56.7 Å². The maximum absolute atomic E-state index is 12.2. The highest BCUT2D eigenvalue weighted by Gasteiger charge is 2.27. The van der Waals surface area contributed by atoms with E-state index in [0.717, 1.165) is 12.8 Å². The van der Waals surface area contributed by atoms with Crippen LogP contribution in [0.5, 0.6) is 0 Å². The smallest absolute Gasteiger partial charge is 0.273 e. The molecule has 0 fully saturated rings. The summed E-state index contributed by atoms with van der Waals surface area (Å²) in [6.45, 7) is 7.82. The van der Waals surface area contributed by atoms with Gasteiger partial charge in [-0.1, -0.05) is 27.2 Å². The predicted octanol–water partition coefficient (Wildman–Crippen LogP) is 1.17. The Bertz CT molecular complexity index is 595. The van der Waals surface area contributed by atoms with E-state index in [1.165, 1.54) is 0 Å². The summed E-state index contributed by atoms with van der Waals surface area (Å²) in [5.41, 5.74) is 0.183. The summed E-state index contributed by atoms with van der Waals surface area (Å²) in [4.78, 5) is 12.0. The van der Waals surface area contributed by atoms with Gasteiger partial charge in [-0.2, -0.15) is 5.10 Å². The van der Waals surface area contributed by atoms with E-state index in [2.05, 4.69) is 29.4 Å². The molecule has 1 aromatic rings. The van der Waals surface area contributed by atoms with Crippen molar-refractivity contribution in [2.75, 3.05) is 0 Å². The molecule has 2 atom stereocenters. The molecule has 0 bridgehead atoms. The fourth-order valence-electron chi connectivity index (χ4n) is 2.19. The molecule has 1 aromatic heterocycles. The Morgan fingerprint density at radius 1 is 1.38 bits per heavy atom. The van der Waals surface area contributed by atoms with Gasteiger partial charge in [0.1, 0.15) is 4.90 Å². The van der Waals surface area contributed by atoms with Gasteiger partial charge in [0.25, 0.3) is 5.91 Å². The second kappa shape index (κ2) is 7.04. The van der Waals surface area contributed by atoms with Crippen molar-refractivity contribution < 1.29 is 13.2 Å². The summed E-state index contributed by atoms with van der Waals surface area (Å²) in [5, 5.41) is 14.3. The first kappa shape index (κ1) is 17.6. The van der Waals surface area contributed by atoms with Gasteiger partial charge in [0.05, 0.1) is 5.69 Å². The molecule has 0 aliphatic rings. The van der Waals surface area contributed by atoms with Crippen LogP contribution >= 0.6 is 0 Å². The standard InChI is InChI=1S/C13H24N4O3S/c1-5-8(3)7-9(4)15-13(18)11-12(21(14,19)20)10(6-2)16-17-11/h8-9H,5-7H2,1-4H3,(H,15,18)(H,16,17)(H2,14,19,20). The maximum Gasteiger partial charge on any atom is 0.273 e. The summed E-state index contributed by atoms with van der Waals surface area (Å²) in [7, 11) is -4.00. The minimum atomic E-state index is -4.00. The van der Waals surface area contributed by atoms with Gasteiger partial charge in [-0.05, 0) is 25.7 Å². The van der Waals surface area contributed by atoms with E-state index in [4.69, 9.17) is 5.14 Å². The molecule has 1 heterocycles. The molecule has 0 radical (unpaired) electrons. The second-order valence-corrected chi connectivity index (χ2v) is 6.90. The van der Waals surface area contributed by atoms with E-state index in [1.807, 2.05) is 6.92 Å². The minimum absolute atomic E-state index is 0.0671. The van der Waals surface area contributed by atoms with Crippen molar-refractivity contribution in [3.8, 4) is 0 Å². The van der Waals surface area contributed by atoms with Crippen molar-refractivity contribution in [1.82, 2.24) is 15.5 Å². The van der Waals surface area contributed by atoms with Crippen LogP contribution in [-0.4, -0.2) is 30.6 Å². The molecule has 8 heteroatoms. The summed E-state index contributed by atoms with van der Waals surface area (Å²) in [6.07, 6.45) is 2.23. The average molecular weight is 316 g/mol. The topological polar surface area (TPSA) is 118 Å². The van der Waals surface area contributed by atoms with Crippen molar-refractivity contribution >= 4 is 15.9 Å². The SMILES string of the molecule is CCc1[nH]nc(C(=O)NC(C)CC(C)CC)c1S(N)(=O)=O. The van der Waals surface area contributed by atoms with Gasteiger partial charge in [-0.15, -0.1) is 0 Å². The number of hydrogen-bond acceptors (Lipinski definition) is 4. The zero-order valence-corrected chi connectivity index (χ0v) is 13.8. The maximum atomic E-state index is 12.2. The third kappa shape index (κ3) is 4.53. The van der Waals surface area contributed by atoms with Gasteiger partial charge in [0, 0.05) is 6.04 Å². The number of carbonyl (C=O) groups excluding carboxylic acids is 1. The van der Waals surface area contributed by atoms with Crippen molar-refractivity contribution in [2.24, 2.45) is 11.1 Å². The zero-order valence-electron chi connectivity index (χ0n) is 12.9. The molecule has 1 amide bonds. The van der Waals surface area contributed by atoms with Crippen LogP contribution in [0, 0.1) is 5.92 Å². The van der Waals surface area contributed by atoms with Gasteiger partial charge < -0.3 is 5.32 Å². The number of aryl methyl sites for hydroxylation is 1. The first-order valence-corrected chi connectivity index (χ1v) is 8.66. The lowest BCUT2D eigenvalue weighted by Gasteiger charge is -2.17. The molecule has 0 saturated carbocycles. The number of nitrogens with zero attached hydrogens (tertiary/aromatic N) is 1. The summed E-state index contributed by atoms with van der Waals surface area (Å²) in [6, 6.07) is -0.0671. The molecule has 0 aliphatic heterocycles. The Kier molecular flexibility index (Phi) is 5.91. The van der Waals surface area contributed by atoms with Crippen molar-refractivity contribution in [3.63, 3.8) is 0 Å². The lowest BCUT2D eigenvalue weighted by atomic mass is 10.0. The molecule has 0 spiro atoms. The molecule has 4 N–H and O–H groups in total. The number of nitrogens with one attached hydrogen (secondary N) is 2. The quantitative estimate of drug-likeness (QED) is 0.699. The third-order valence-corrected chi connectivity index (χ3v) is 4.48. The van der Waals surface area contributed by atoms with Gasteiger partial charge in [0.15, 0.2) is 5.69 Å². The number of aromatic amines is 1. The summed E-state index contributed by atoms with van der Waals surface area (Å²) < 4.78 is 23.3. The Balaban J connectivity index is 2.96.